The molecule has 3 fully saturated rings. The number of nitrogens with one attached hydrogen (secondary N) is 1. The molecule has 18 heavy (non-hydrogen) atoms. The molecule has 3 rings (SSSR count). The summed E-state index contributed by atoms with van der Waals surface area (Å²) in [6, 6.07) is 0.554. The highest BCUT2D eigenvalue weighted by Crippen LogP contribution is 2.15. The molecule has 6 heteroatoms. The van der Waals surface area contributed by atoms with E-state index in [1.807, 2.05) is 0 Å². The Hall–Kier alpha value is -0.0800. The highest BCUT2D eigenvalue weighted by atomic mass is 127. The van der Waals surface area contributed by atoms with Crippen LogP contribution in [0.3, 0.4) is 0 Å². The lowest BCUT2D eigenvalue weighted by Crippen LogP contribution is -2.62. The normalized spacial score (nSPS) is 31.9. The standard InChI is InChI=1S/C12H25N5.HI/c1-12(2,3)15-11(13)14-8-10-9-16-4-6-17(10)7-5-16;/h10H,4-9H2,1-3H3,(H3,13,14,15);1H. The van der Waals surface area contributed by atoms with Crippen LogP contribution in [0.5, 0.6) is 0 Å². The number of nitrogens with two attached hydrogens (primary N) is 1. The van der Waals surface area contributed by atoms with Crippen LogP contribution in [0.4, 0.5) is 0 Å². The summed E-state index contributed by atoms with van der Waals surface area (Å²) < 4.78 is 0. The summed E-state index contributed by atoms with van der Waals surface area (Å²) >= 11 is 0. The van der Waals surface area contributed by atoms with Crippen LogP contribution < -0.4 is 11.1 Å². The molecular weight excluding hydrogens is 341 g/mol. The average molecular weight is 367 g/mol. The lowest BCUT2D eigenvalue weighted by Gasteiger charge is -2.47. The lowest BCUT2D eigenvalue weighted by atomic mass is 10.1. The predicted molar refractivity (Wildman–Crippen MR) is 86.6 cm³/mol. The van der Waals surface area contributed by atoms with Crippen LogP contribution in [-0.4, -0.2) is 66.6 Å². The Morgan fingerprint density at radius 2 is 1.89 bits per heavy atom. The van der Waals surface area contributed by atoms with Gasteiger partial charge in [0.2, 0.25) is 0 Å². The van der Waals surface area contributed by atoms with Gasteiger partial charge in [-0.05, 0) is 20.8 Å². The number of hydrogen-bond acceptors (Lipinski definition) is 3. The fraction of sp³-hybridized carbons (Fsp3) is 0.917. The molecule has 3 aliphatic rings. The number of fused-ring (bicyclic) bond motifs is 3. The van der Waals surface area contributed by atoms with Gasteiger partial charge >= 0.3 is 0 Å². The Morgan fingerprint density at radius 3 is 2.33 bits per heavy atom. The molecule has 0 spiro atoms. The van der Waals surface area contributed by atoms with Crippen molar-refractivity contribution in [2.45, 2.75) is 32.4 Å². The summed E-state index contributed by atoms with van der Waals surface area (Å²) in [6.45, 7) is 13.0. The Bertz CT molecular complexity index is 291. The van der Waals surface area contributed by atoms with Gasteiger partial charge in [0.05, 0.1) is 6.54 Å². The maximum atomic E-state index is 5.88. The molecule has 1 atom stereocenters. The lowest BCUT2D eigenvalue weighted by molar-refractivity contribution is 0.0174. The highest BCUT2D eigenvalue weighted by molar-refractivity contribution is 14.0. The van der Waals surface area contributed by atoms with Crippen LogP contribution >= 0.6 is 24.0 Å². The molecule has 0 radical (unpaired) electrons. The highest BCUT2D eigenvalue weighted by Gasteiger charge is 2.31. The fourth-order valence-corrected chi connectivity index (χ4v) is 2.53. The molecule has 0 aromatic heterocycles. The van der Waals surface area contributed by atoms with Crippen molar-refractivity contribution in [3.8, 4) is 0 Å². The van der Waals surface area contributed by atoms with Gasteiger partial charge in [-0.1, -0.05) is 0 Å². The Balaban J connectivity index is 0.00000162. The first kappa shape index (κ1) is 16.0. The number of rotatable bonds is 2. The van der Waals surface area contributed by atoms with E-state index in [9.17, 15) is 0 Å². The van der Waals surface area contributed by atoms with Crippen molar-refractivity contribution in [3.05, 3.63) is 0 Å². The Morgan fingerprint density at radius 1 is 1.28 bits per heavy atom. The quantitative estimate of drug-likeness (QED) is 0.419. The number of halogens is 1. The number of hydrogen-bond donors (Lipinski definition) is 2. The van der Waals surface area contributed by atoms with Gasteiger partial charge in [0, 0.05) is 44.3 Å². The van der Waals surface area contributed by atoms with Gasteiger partial charge in [0.15, 0.2) is 5.96 Å². The molecule has 3 heterocycles. The van der Waals surface area contributed by atoms with E-state index in [0.717, 1.165) is 13.1 Å². The summed E-state index contributed by atoms with van der Waals surface area (Å²) in [6.07, 6.45) is 0. The first-order valence-corrected chi connectivity index (χ1v) is 6.48. The van der Waals surface area contributed by atoms with Crippen molar-refractivity contribution in [2.24, 2.45) is 10.7 Å². The molecule has 106 valence electrons. The maximum absolute atomic E-state index is 5.88. The molecule has 3 N–H and O–H groups in total. The molecule has 2 bridgehead atoms. The molecule has 0 aromatic rings. The van der Waals surface area contributed by atoms with Crippen LogP contribution in [-0.2, 0) is 0 Å². The van der Waals surface area contributed by atoms with Crippen molar-refractivity contribution in [1.82, 2.24) is 15.1 Å². The fourth-order valence-electron chi connectivity index (χ4n) is 2.53. The minimum Gasteiger partial charge on any atom is -0.370 e. The van der Waals surface area contributed by atoms with E-state index in [2.05, 4.69) is 40.9 Å². The third-order valence-electron chi connectivity index (χ3n) is 3.37. The molecule has 0 aliphatic carbocycles. The Kier molecular flexibility index (Phi) is 5.67. The largest absolute Gasteiger partial charge is 0.370 e. The van der Waals surface area contributed by atoms with Crippen molar-refractivity contribution < 1.29 is 0 Å². The predicted octanol–water partition coefficient (Wildman–Crippen LogP) is 0.307. The first-order chi connectivity index (χ1) is 7.94. The van der Waals surface area contributed by atoms with Crippen molar-refractivity contribution in [1.29, 1.82) is 0 Å². The Labute approximate surface area is 127 Å². The average Bonchev–Trinajstić information content (AvgIpc) is 2.26. The van der Waals surface area contributed by atoms with Gasteiger partial charge in [0.1, 0.15) is 0 Å². The zero-order valence-electron chi connectivity index (χ0n) is 11.6. The molecule has 1 unspecified atom stereocenters. The molecule has 0 amide bonds. The maximum Gasteiger partial charge on any atom is 0.189 e. The van der Waals surface area contributed by atoms with E-state index in [4.69, 9.17) is 5.73 Å². The van der Waals surface area contributed by atoms with Crippen LogP contribution in [0.2, 0.25) is 0 Å². The van der Waals surface area contributed by atoms with E-state index in [1.165, 1.54) is 26.2 Å². The summed E-state index contributed by atoms with van der Waals surface area (Å²) in [5.74, 6) is 0.565. The number of aliphatic imine (C=N–C) groups is 1. The summed E-state index contributed by atoms with van der Waals surface area (Å²) in [7, 11) is 0. The third-order valence-corrected chi connectivity index (χ3v) is 3.37. The number of guanidine groups is 1. The minimum absolute atomic E-state index is 0. The monoisotopic (exact) mass is 367 g/mol. The molecule has 3 aliphatic heterocycles. The topological polar surface area (TPSA) is 56.9 Å². The van der Waals surface area contributed by atoms with Crippen molar-refractivity contribution in [3.63, 3.8) is 0 Å². The van der Waals surface area contributed by atoms with Gasteiger partial charge in [0.25, 0.3) is 0 Å². The first-order valence-electron chi connectivity index (χ1n) is 6.48. The second-order valence-corrected chi connectivity index (χ2v) is 6.09. The van der Waals surface area contributed by atoms with Crippen molar-refractivity contribution in [2.75, 3.05) is 39.3 Å². The summed E-state index contributed by atoms with van der Waals surface area (Å²) in [5.41, 5.74) is 5.87. The minimum atomic E-state index is -0.0110. The zero-order chi connectivity index (χ0) is 12.5. The van der Waals surface area contributed by atoms with E-state index in [-0.39, 0.29) is 29.5 Å². The molecular formula is C12H26IN5. The molecule has 5 nitrogen and oxygen atoms in total. The third kappa shape index (κ3) is 4.55. The smallest absolute Gasteiger partial charge is 0.189 e. The van der Waals surface area contributed by atoms with E-state index < -0.39 is 0 Å². The van der Waals surface area contributed by atoms with Gasteiger partial charge in [-0.3, -0.25) is 14.8 Å². The van der Waals surface area contributed by atoms with Crippen LogP contribution in [0, 0.1) is 0 Å². The van der Waals surface area contributed by atoms with Gasteiger partial charge in [-0.25, -0.2) is 0 Å². The number of nitrogens with zero attached hydrogens (tertiary/aromatic N) is 3. The van der Waals surface area contributed by atoms with E-state index in [1.54, 1.807) is 0 Å². The van der Waals surface area contributed by atoms with Crippen LogP contribution in [0.1, 0.15) is 20.8 Å². The zero-order valence-corrected chi connectivity index (χ0v) is 14.0. The number of piperazine rings is 3. The SMILES string of the molecule is CC(C)(C)NC(N)=NCC1CN2CCN1CC2.I. The van der Waals surface area contributed by atoms with Crippen LogP contribution in [0.15, 0.2) is 4.99 Å². The van der Waals surface area contributed by atoms with Gasteiger partial charge in [-0.2, -0.15) is 0 Å². The van der Waals surface area contributed by atoms with Gasteiger partial charge in [-0.15, -0.1) is 24.0 Å². The molecule has 0 aromatic carbocycles. The van der Waals surface area contributed by atoms with E-state index >= 15 is 0 Å². The molecule has 3 saturated heterocycles. The van der Waals surface area contributed by atoms with E-state index in [0.29, 0.717) is 12.0 Å². The summed E-state index contributed by atoms with van der Waals surface area (Å²) in [4.78, 5) is 9.52. The van der Waals surface area contributed by atoms with Gasteiger partial charge < -0.3 is 11.1 Å². The molecule has 0 saturated carbocycles. The summed E-state index contributed by atoms with van der Waals surface area (Å²) in [5, 5.41) is 3.20. The van der Waals surface area contributed by atoms with Crippen molar-refractivity contribution >= 4 is 29.9 Å². The van der Waals surface area contributed by atoms with Crippen LogP contribution in [0.25, 0.3) is 0 Å². The second-order valence-electron chi connectivity index (χ2n) is 6.09. The second kappa shape index (κ2) is 6.38.